The molecule has 0 bridgehead atoms. The molecule has 0 radical (unpaired) electrons. The van der Waals surface area contributed by atoms with Gasteiger partial charge >= 0.3 is 6.18 Å². The Morgan fingerprint density at radius 2 is 1.74 bits per heavy atom. The van der Waals surface area contributed by atoms with Gasteiger partial charge in [-0.25, -0.2) is 22.2 Å². The van der Waals surface area contributed by atoms with Crippen LogP contribution < -0.4 is 0 Å². The van der Waals surface area contributed by atoms with Crippen molar-refractivity contribution in [3.63, 3.8) is 0 Å². The maximum Gasteiger partial charge on any atom is 0.435 e. The maximum absolute atomic E-state index is 15.4. The molecule has 58 heavy (non-hydrogen) atoms. The average molecular weight is 828 g/mol. The number of benzene rings is 2. The van der Waals surface area contributed by atoms with Crippen LogP contribution >= 0.6 is 0 Å². The Balaban J connectivity index is 1.26. The summed E-state index contributed by atoms with van der Waals surface area (Å²) in [5.74, 6) is -4.27. The molecule has 3 aromatic heterocycles. The highest BCUT2D eigenvalue weighted by molar-refractivity contribution is 7.89. The average Bonchev–Trinajstić information content (AvgIpc) is 3.36. The molecule has 3 atom stereocenters. The second kappa shape index (κ2) is 14.0. The Bertz CT molecular complexity index is 2650. The van der Waals surface area contributed by atoms with Gasteiger partial charge in [0.2, 0.25) is 0 Å². The van der Waals surface area contributed by atoms with Crippen molar-refractivity contribution in [3.8, 4) is 23.0 Å². The Labute approximate surface area is 328 Å². The van der Waals surface area contributed by atoms with E-state index in [1.54, 1.807) is 37.4 Å². The van der Waals surface area contributed by atoms with E-state index in [0.29, 0.717) is 45.6 Å². The van der Waals surface area contributed by atoms with Gasteiger partial charge in [-0.15, -0.1) is 0 Å². The lowest BCUT2D eigenvalue weighted by Gasteiger charge is -2.21. The highest BCUT2D eigenvalue weighted by Gasteiger charge is 2.68. The normalized spacial score (nSPS) is 19.8. The molecule has 2 saturated carbocycles. The van der Waals surface area contributed by atoms with Crippen LogP contribution in [0.1, 0.15) is 90.0 Å². The number of ketones is 1. The Morgan fingerprint density at radius 3 is 2.41 bits per heavy atom. The van der Waals surface area contributed by atoms with E-state index in [9.17, 15) is 40.3 Å². The van der Waals surface area contributed by atoms with E-state index in [0.717, 1.165) is 31.2 Å². The van der Waals surface area contributed by atoms with Crippen LogP contribution in [0, 0.1) is 29.4 Å². The van der Waals surface area contributed by atoms with E-state index in [2.05, 4.69) is 22.0 Å². The Hall–Kier alpha value is -5.08. The summed E-state index contributed by atoms with van der Waals surface area (Å²) >= 11 is 0. The molecular formula is C41H36F7N5O4S. The first-order chi connectivity index (χ1) is 27.2. The standard InChI is InChI=1S/C41H36F7N5O4S/c1-52-36-29(6-5-7-30(36)33(50-52)21-58(2,56)57)28-9-8-26(10-13-39(55)11-3-4-12-39)49-35(28)23(14-22-15-24(42)18-25(43)16-22)17-27(54)20-53-38-34(37(51-53)41(46,47)48)31-19-32(31)40(38,44)45/h5-9,15-16,18,23,31-32,55H,3-4,11-12,14,17,19-21H2,1-2H3/t23-,31+,32-/m1/s1. The topological polar surface area (TPSA) is 120 Å². The number of Topliss-reactive ketones (excluding diaryl/α,β-unsaturated/α-hetero) is 1. The number of sulfone groups is 1. The van der Waals surface area contributed by atoms with Gasteiger partial charge in [-0.1, -0.05) is 24.1 Å². The van der Waals surface area contributed by atoms with Crippen LogP contribution in [0.2, 0.25) is 0 Å². The molecule has 3 aliphatic carbocycles. The molecule has 5 aromatic rings. The predicted octanol–water partition coefficient (Wildman–Crippen LogP) is 7.52. The van der Waals surface area contributed by atoms with Crippen molar-refractivity contribution in [2.24, 2.45) is 13.0 Å². The van der Waals surface area contributed by atoms with E-state index in [4.69, 9.17) is 4.98 Å². The predicted molar refractivity (Wildman–Crippen MR) is 197 cm³/mol. The summed E-state index contributed by atoms with van der Waals surface area (Å²) in [6.45, 7) is -0.949. The quantitative estimate of drug-likeness (QED) is 0.114. The van der Waals surface area contributed by atoms with Crippen molar-refractivity contribution in [1.82, 2.24) is 24.5 Å². The SMILES string of the molecule is Cn1nc(CS(C)(=O)=O)c2cccc(-c3ccc(C#CC4(O)CCCC4)nc3[C@@H](CC(=O)Cn3nc(C(F)(F)F)c4c3C(F)(F)[C@@H]3C[C@H]43)Cc3cc(F)cc(F)c3)c21. The molecule has 0 amide bonds. The second-order valence-electron chi connectivity index (χ2n) is 15.7. The number of aliphatic hydroxyl groups is 1. The van der Waals surface area contributed by atoms with E-state index in [1.165, 1.54) is 4.68 Å². The van der Waals surface area contributed by atoms with Gasteiger partial charge in [0.1, 0.15) is 35.2 Å². The molecule has 2 aromatic carbocycles. The van der Waals surface area contributed by atoms with Crippen molar-refractivity contribution in [2.45, 2.75) is 86.8 Å². The van der Waals surface area contributed by atoms with Crippen LogP contribution in [0.4, 0.5) is 30.7 Å². The molecule has 2 fully saturated rings. The molecule has 3 aliphatic rings. The van der Waals surface area contributed by atoms with Crippen LogP contribution in [0.15, 0.2) is 48.5 Å². The van der Waals surface area contributed by atoms with Gasteiger partial charge in [0.15, 0.2) is 21.3 Å². The highest BCUT2D eigenvalue weighted by Crippen LogP contribution is 2.68. The summed E-state index contributed by atoms with van der Waals surface area (Å²) in [5, 5.41) is 19.4. The fourth-order valence-corrected chi connectivity index (χ4v) is 9.42. The number of para-hydroxylation sites is 1. The zero-order chi connectivity index (χ0) is 41.5. The summed E-state index contributed by atoms with van der Waals surface area (Å²) in [7, 11) is -1.91. The second-order valence-corrected chi connectivity index (χ2v) is 17.9. The van der Waals surface area contributed by atoms with Gasteiger partial charge in [-0.05, 0) is 80.2 Å². The molecule has 0 unspecified atom stereocenters. The van der Waals surface area contributed by atoms with E-state index in [1.807, 2.05) is 0 Å². The molecule has 1 N–H and O–H groups in total. The first-order valence-corrected chi connectivity index (χ1v) is 20.7. The van der Waals surface area contributed by atoms with Gasteiger partial charge in [-0.2, -0.15) is 32.1 Å². The van der Waals surface area contributed by atoms with Crippen LogP contribution in [-0.2, 0) is 52.5 Å². The number of rotatable bonds is 10. The van der Waals surface area contributed by atoms with E-state index >= 15 is 8.78 Å². The smallest absolute Gasteiger partial charge is 0.378 e. The van der Waals surface area contributed by atoms with Crippen molar-refractivity contribution in [2.75, 3.05) is 6.26 Å². The summed E-state index contributed by atoms with van der Waals surface area (Å²) in [6.07, 6.45) is -2.47. The first-order valence-electron chi connectivity index (χ1n) is 18.6. The fourth-order valence-electron chi connectivity index (χ4n) is 8.71. The van der Waals surface area contributed by atoms with Crippen LogP contribution in [0.25, 0.3) is 22.0 Å². The minimum atomic E-state index is -5.05. The Kier molecular flexibility index (Phi) is 9.62. The third kappa shape index (κ3) is 7.52. The number of carbonyl (C=O) groups is 1. The first kappa shape index (κ1) is 39.7. The maximum atomic E-state index is 15.4. The number of aryl methyl sites for hydroxylation is 1. The van der Waals surface area contributed by atoms with Crippen molar-refractivity contribution < 1.29 is 49.1 Å². The molecule has 0 saturated heterocycles. The zero-order valence-corrected chi connectivity index (χ0v) is 32.0. The van der Waals surface area contributed by atoms with Crippen molar-refractivity contribution in [1.29, 1.82) is 0 Å². The van der Waals surface area contributed by atoms with Crippen molar-refractivity contribution in [3.05, 3.63) is 99.8 Å². The lowest BCUT2D eigenvalue weighted by Crippen LogP contribution is -2.24. The summed E-state index contributed by atoms with van der Waals surface area (Å²) in [4.78, 5) is 18.9. The van der Waals surface area contributed by atoms with Gasteiger partial charge in [-0.3, -0.25) is 14.2 Å². The minimum Gasteiger partial charge on any atom is -0.378 e. The van der Waals surface area contributed by atoms with E-state index in [-0.39, 0.29) is 41.2 Å². The van der Waals surface area contributed by atoms with Crippen LogP contribution in [0.3, 0.4) is 0 Å². The number of pyridine rings is 1. The lowest BCUT2D eigenvalue weighted by atomic mass is 9.86. The van der Waals surface area contributed by atoms with Gasteiger partial charge in [0, 0.05) is 59.7 Å². The molecule has 17 heteroatoms. The highest BCUT2D eigenvalue weighted by atomic mass is 32.2. The summed E-state index contributed by atoms with van der Waals surface area (Å²) < 4.78 is 129. The molecule has 8 rings (SSSR count). The number of alkyl halides is 5. The molecular weight excluding hydrogens is 792 g/mol. The molecule has 304 valence electrons. The third-order valence-electron chi connectivity index (χ3n) is 11.2. The van der Waals surface area contributed by atoms with Crippen molar-refractivity contribution >= 4 is 26.5 Å². The van der Waals surface area contributed by atoms with Crippen LogP contribution in [0.5, 0.6) is 0 Å². The van der Waals surface area contributed by atoms with Gasteiger partial charge in [0.25, 0.3) is 5.92 Å². The largest absolute Gasteiger partial charge is 0.435 e. The van der Waals surface area contributed by atoms with E-state index < -0.39 is 92.6 Å². The molecule has 9 nitrogen and oxygen atoms in total. The number of nitrogens with zero attached hydrogens (tertiary/aromatic N) is 5. The number of halogens is 7. The Morgan fingerprint density at radius 1 is 1.03 bits per heavy atom. The summed E-state index contributed by atoms with van der Waals surface area (Å²) in [6, 6.07) is 11.1. The fraction of sp³-hybridized carbons (Fsp3) is 0.415. The number of aromatic nitrogens is 5. The molecule has 0 spiro atoms. The number of hydrogen-bond donors (Lipinski definition) is 1. The number of fused-ring (bicyclic) bond motifs is 4. The van der Waals surface area contributed by atoms with Crippen LogP contribution in [-0.4, -0.2) is 55.7 Å². The monoisotopic (exact) mass is 827 g/mol. The lowest BCUT2D eigenvalue weighted by molar-refractivity contribution is -0.142. The third-order valence-corrected chi connectivity index (χ3v) is 12.0. The number of hydrogen-bond acceptors (Lipinski definition) is 7. The van der Waals surface area contributed by atoms with Gasteiger partial charge in [0.05, 0.1) is 22.7 Å². The molecule has 3 heterocycles. The molecule has 0 aliphatic heterocycles. The zero-order valence-electron chi connectivity index (χ0n) is 31.2. The van der Waals surface area contributed by atoms with Gasteiger partial charge < -0.3 is 5.11 Å². The summed E-state index contributed by atoms with van der Waals surface area (Å²) in [5.41, 5.74) is -2.21. The minimum absolute atomic E-state index is 0.0972. The number of carbonyl (C=O) groups excluding carboxylic acids is 1.